The first-order valence-electron chi connectivity index (χ1n) is 13.8. The lowest BCUT2D eigenvalue weighted by Crippen LogP contribution is -2.66. The number of hydrogen-bond donors (Lipinski definition) is 0. The van der Waals surface area contributed by atoms with Gasteiger partial charge >= 0.3 is 0 Å². The minimum absolute atomic E-state index is 0.160. The van der Waals surface area contributed by atoms with Gasteiger partial charge in [0.15, 0.2) is 0 Å². The Balaban J connectivity index is 1.54. The number of aldehydes is 1. The van der Waals surface area contributed by atoms with Crippen molar-refractivity contribution < 1.29 is 9.59 Å². The highest BCUT2D eigenvalue weighted by Gasteiger charge is 2.70. The lowest BCUT2D eigenvalue weighted by atomic mass is 9.32. The monoisotopic (exact) mass is 440 g/mol. The Bertz CT molecular complexity index is 814. The van der Waals surface area contributed by atoms with Crippen LogP contribution in [0.4, 0.5) is 0 Å². The van der Waals surface area contributed by atoms with Gasteiger partial charge in [-0.25, -0.2) is 0 Å². The Kier molecular flexibility index (Phi) is 5.01. The van der Waals surface area contributed by atoms with E-state index in [2.05, 4.69) is 48.5 Å². The summed E-state index contributed by atoms with van der Waals surface area (Å²) in [6.07, 6.45) is 13.6. The molecule has 0 heterocycles. The summed E-state index contributed by atoms with van der Waals surface area (Å²) in [5.74, 6) is 4.04. The Morgan fingerprint density at radius 3 is 2.22 bits per heavy atom. The van der Waals surface area contributed by atoms with Crippen molar-refractivity contribution in [1.29, 1.82) is 0 Å². The summed E-state index contributed by atoms with van der Waals surface area (Å²) in [4.78, 5) is 24.8. The SMILES string of the molecule is CC(C=O)[C@@H]1CC[C@]2(C)CC[C@]3(C)[C@H](CC[C@@H]4[C@@]5(C)CCC(=O)C(C)(C)[C@@H]5CC[C@]43C)[C@@H]12. The van der Waals surface area contributed by atoms with E-state index in [1.807, 2.05) is 0 Å². The normalized spacial score (nSPS) is 55.2. The van der Waals surface area contributed by atoms with E-state index in [4.69, 9.17) is 0 Å². The number of rotatable bonds is 2. The summed E-state index contributed by atoms with van der Waals surface area (Å²) in [6.45, 7) is 17.2. The molecule has 180 valence electrons. The Morgan fingerprint density at radius 2 is 1.53 bits per heavy atom. The van der Waals surface area contributed by atoms with Gasteiger partial charge in [-0.2, -0.15) is 0 Å². The average Bonchev–Trinajstić information content (AvgIpc) is 3.09. The highest BCUT2D eigenvalue weighted by molar-refractivity contribution is 5.85. The molecule has 10 atom stereocenters. The van der Waals surface area contributed by atoms with Crippen LogP contribution in [0.5, 0.6) is 0 Å². The molecular formula is C30H48O2. The summed E-state index contributed by atoms with van der Waals surface area (Å²) in [5, 5.41) is 0. The van der Waals surface area contributed by atoms with E-state index in [-0.39, 0.29) is 11.3 Å². The van der Waals surface area contributed by atoms with Crippen molar-refractivity contribution in [2.75, 3.05) is 0 Å². The molecule has 5 saturated carbocycles. The molecule has 0 spiro atoms. The molecule has 0 aromatic rings. The van der Waals surface area contributed by atoms with Gasteiger partial charge in [-0.15, -0.1) is 0 Å². The van der Waals surface area contributed by atoms with Crippen molar-refractivity contribution in [2.24, 2.45) is 62.6 Å². The zero-order valence-corrected chi connectivity index (χ0v) is 21.9. The fourth-order valence-electron chi connectivity index (χ4n) is 11.5. The topological polar surface area (TPSA) is 34.1 Å². The van der Waals surface area contributed by atoms with E-state index in [0.29, 0.717) is 45.2 Å². The molecule has 32 heavy (non-hydrogen) atoms. The molecule has 1 unspecified atom stereocenters. The van der Waals surface area contributed by atoms with Crippen molar-refractivity contribution in [2.45, 2.75) is 113 Å². The first kappa shape index (κ1) is 23.1. The van der Waals surface area contributed by atoms with E-state index >= 15 is 0 Å². The first-order valence-corrected chi connectivity index (χ1v) is 13.8. The molecule has 5 fully saturated rings. The number of carbonyl (C=O) groups excluding carboxylic acids is 2. The molecule has 0 saturated heterocycles. The molecule has 2 nitrogen and oxygen atoms in total. The third kappa shape index (κ3) is 2.65. The number of carbonyl (C=O) groups is 2. The number of Topliss-reactive ketones (excluding diaryl/α,β-unsaturated/α-hetero) is 1. The fourth-order valence-corrected chi connectivity index (χ4v) is 11.5. The van der Waals surface area contributed by atoms with Crippen LogP contribution in [-0.2, 0) is 9.59 Å². The summed E-state index contributed by atoms with van der Waals surface area (Å²) in [5.41, 5.74) is 1.30. The van der Waals surface area contributed by atoms with Gasteiger partial charge in [0.1, 0.15) is 12.1 Å². The molecule has 0 amide bonds. The summed E-state index contributed by atoms with van der Waals surface area (Å²) in [6, 6.07) is 0. The maximum absolute atomic E-state index is 12.9. The van der Waals surface area contributed by atoms with E-state index in [1.54, 1.807) is 0 Å². The fraction of sp³-hybridized carbons (Fsp3) is 0.933. The Labute approximate surface area is 197 Å². The highest BCUT2D eigenvalue weighted by atomic mass is 16.1. The molecule has 5 rings (SSSR count). The first-order chi connectivity index (χ1) is 14.8. The molecular weight excluding hydrogens is 392 g/mol. The van der Waals surface area contributed by atoms with Crippen LogP contribution in [0.2, 0.25) is 0 Å². The van der Waals surface area contributed by atoms with Crippen molar-refractivity contribution in [3.8, 4) is 0 Å². The molecule has 0 N–H and O–H groups in total. The molecule has 5 aliphatic rings. The van der Waals surface area contributed by atoms with Crippen LogP contribution in [-0.4, -0.2) is 12.1 Å². The minimum atomic E-state index is -0.160. The lowest BCUT2D eigenvalue weighted by Gasteiger charge is -2.72. The molecule has 0 aromatic carbocycles. The summed E-state index contributed by atoms with van der Waals surface area (Å²) >= 11 is 0. The van der Waals surface area contributed by atoms with E-state index in [0.717, 1.165) is 24.7 Å². The van der Waals surface area contributed by atoms with Crippen molar-refractivity contribution in [1.82, 2.24) is 0 Å². The summed E-state index contributed by atoms with van der Waals surface area (Å²) < 4.78 is 0. The maximum Gasteiger partial charge on any atom is 0.138 e. The molecule has 0 radical (unpaired) electrons. The largest absolute Gasteiger partial charge is 0.303 e. The van der Waals surface area contributed by atoms with Crippen molar-refractivity contribution in [3.05, 3.63) is 0 Å². The smallest absolute Gasteiger partial charge is 0.138 e. The van der Waals surface area contributed by atoms with Crippen molar-refractivity contribution >= 4 is 12.1 Å². The molecule has 5 aliphatic carbocycles. The van der Waals surface area contributed by atoms with Crippen LogP contribution in [0.25, 0.3) is 0 Å². The third-order valence-electron chi connectivity index (χ3n) is 13.5. The van der Waals surface area contributed by atoms with Crippen LogP contribution in [0.3, 0.4) is 0 Å². The number of ketones is 1. The molecule has 0 bridgehead atoms. The zero-order valence-electron chi connectivity index (χ0n) is 21.9. The van der Waals surface area contributed by atoms with Gasteiger partial charge in [0, 0.05) is 17.8 Å². The standard InChI is InChI=1S/C30H48O2/c1-19(18-31)20-10-13-27(4)16-17-29(6)21(25(20)27)8-9-23-28(5)14-12-24(32)26(2,3)22(28)11-15-30(23,29)7/h18-23,25H,8-17H2,1-7H3/t19?,20-,21+,22-,23+,25+,27+,28-,29+,30+/m0/s1. The van der Waals surface area contributed by atoms with E-state index < -0.39 is 0 Å². The lowest BCUT2D eigenvalue weighted by molar-refractivity contribution is -0.234. The van der Waals surface area contributed by atoms with Gasteiger partial charge in [-0.05, 0) is 109 Å². The van der Waals surface area contributed by atoms with Gasteiger partial charge in [0.2, 0.25) is 0 Å². The second-order valence-electron chi connectivity index (χ2n) is 14.7. The molecule has 0 aliphatic heterocycles. The van der Waals surface area contributed by atoms with Gasteiger partial charge in [-0.3, -0.25) is 4.79 Å². The van der Waals surface area contributed by atoms with Crippen molar-refractivity contribution in [3.63, 3.8) is 0 Å². The van der Waals surface area contributed by atoms with Crippen LogP contribution >= 0.6 is 0 Å². The molecule has 2 heteroatoms. The highest BCUT2D eigenvalue weighted by Crippen LogP contribution is 2.77. The van der Waals surface area contributed by atoms with E-state index in [9.17, 15) is 9.59 Å². The number of fused-ring (bicyclic) bond motifs is 7. The summed E-state index contributed by atoms with van der Waals surface area (Å²) in [7, 11) is 0. The van der Waals surface area contributed by atoms with Crippen LogP contribution in [0.15, 0.2) is 0 Å². The third-order valence-corrected chi connectivity index (χ3v) is 13.5. The van der Waals surface area contributed by atoms with Crippen LogP contribution in [0, 0.1) is 62.6 Å². The second kappa shape index (κ2) is 6.94. The second-order valence-corrected chi connectivity index (χ2v) is 14.7. The van der Waals surface area contributed by atoms with Gasteiger partial charge < -0.3 is 4.79 Å². The zero-order chi connectivity index (χ0) is 23.3. The quantitative estimate of drug-likeness (QED) is 0.417. The number of hydrogen-bond acceptors (Lipinski definition) is 2. The van der Waals surface area contributed by atoms with Gasteiger partial charge in [-0.1, -0.05) is 48.5 Å². The maximum atomic E-state index is 12.9. The van der Waals surface area contributed by atoms with Crippen LogP contribution < -0.4 is 0 Å². The Morgan fingerprint density at radius 1 is 0.812 bits per heavy atom. The van der Waals surface area contributed by atoms with Gasteiger partial charge in [0.05, 0.1) is 0 Å². The van der Waals surface area contributed by atoms with E-state index in [1.165, 1.54) is 57.7 Å². The Hall–Kier alpha value is -0.660. The minimum Gasteiger partial charge on any atom is -0.303 e. The molecule has 0 aromatic heterocycles. The van der Waals surface area contributed by atoms with Gasteiger partial charge in [0.25, 0.3) is 0 Å². The van der Waals surface area contributed by atoms with Crippen LogP contribution in [0.1, 0.15) is 113 Å². The predicted molar refractivity (Wildman–Crippen MR) is 130 cm³/mol. The average molecular weight is 441 g/mol. The predicted octanol–water partition coefficient (Wildman–Crippen LogP) is 7.49.